The zero-order valence-electron chi connectivity index (χ0n) is 18.5. The highest BCUT2D eigenvalue weighted by atomic mass is 32.2. The second-order valence-corrected chi connectivity index (χ2v) is 11.2. The molecular weight excluding hydrogens is 458 g/mol. The van der Waals surface area contributed by atoms with E-state index in [1.165, 1.54) is 65.7 Å². The number of ether oxygens (including phenoxy) is 2. The van der Waals surface area contributed by atoms with Crippen LogP contribution in [0, 0.1) is 0 Å². The summed E-state index contributed by atoms with van der Waals surface area (Å²) in [7, 11) is -0.459. The number of nitrogens with zero attached hydrogens (tertiary/aromatic N) is 2. The first kappa shape index (κ1) is 25.6. The van der Waals surface area contributed by atoms with E-state index in [-0.39, 0.29) is 22.1 Å². The Balaban J connectivity index is 2.02. The third-order valence-corrected chi connectivity index (χ3v) is 8.25. The van der Waals surface area contributed by atoms with E-state index in [1.54, 1.807) is 12.1 Å². The summed E-state index contributed by atoms with van der Waals surface area (Å²) in [5.41, 5.74) is 0.668. The Hall–Kier alpha value is -2.67. The van der Waals surface area contributed by atoms with Crippen LogP contribution in [-0.2, 0) is 31.4 Å². The monoisotopic (exact) mass is 485 g/mol. The van der Waals surface area contributed by atoms with E-state index in [0.29, 0.717) is 11.3 Å². The molecule has 0 atom stereocenters. The number of hydrogen-bond acceptors (Lipinski definition) is 7. The number of carbonyl (C=O) groups excluding carboxylic acids is 1. The zero-order valence-corrected chi connectivity index (χ0v) is 20.2. The standard InChI is InChI=1S/C20H27N3O7S2/c1-22(2)31(25,26)16-8-6-15(7-9-16)13-21-20(24)14-23(3)32(27,28)17-10-11-18(29-4)19(12-17)30-5/h6-12H,13-14H2,1-5H3,(H,21,24). The molecule has 1 N–H and O–H groups in total. The lowest BCUT2D eigenvalue weighted by atomic mass is 10.2. The fraction of sp³-hybridized carbons (Fsp3) is 0.350. The molecule has 0 spiro atoms. The van der Waals surface area contributed by atoms with Crippen molar-refractivity contribution < 1.29 is 31.1 Å². The number of carbonyl (C=O) groups is 1. The molecular formula is C20H27N3O7S2. The number of hydrogen-bond donors (Lipinski definition) is 1. The molecule has 0 saturated carbocycles. The van der Waals surface area contributed by atoms with Gasteiger partial charge >= 0.3 is 0 Å². The van der Waals surface area contributed by atoms with Gasteiger partial charge in [0.2, 0.25) is 26.0 Å². The highest BCUT2D eigenvalue weighted by Crippen LogP contribution is 2.30. The number of amides is 1. The highest BCUT2D eigenvalue weighted by molar-refractivity contribution is 7.89. The van der Waals surface area contributed by atoms with Crippen molar-refractivity contribution in [3.8, 4) is 11.5 Å². The lowest BCUT2D eigenvalue weighted by Crippen LogP contribution is -2.38. The summed E-state index contributed by atoms with van der Waals surface area (Å²) in [5, 5.41) is 2.63. The molecule has 0 heterocycles. The molecule has 0 fully saturated rings. The quantitative estimate of drug-likeness (QED) is 0.530. The van der Waals surface area contributed by atoms with Gasteiger partial charge in [0.1, 0.15) is 0 Å². The van der Waals surface area contributed by atoms with Crippen LogP contribution in [0.2, 0.25) is 0 Å². The van der Waals surface area contributed by atoms with Crippen molar-refractivity contribution in [1.29, 1.82) is 0 Å². The Morgan fingerprint density at radius 2 is 1.41 bits per heavy atom. The Labute approximate surface area is 188 Å². The van der Waals surface area contributed by atoms with Crippen LogP contribution >= 0.6 is 0 Å². The van der Waals surface area contributed by atoms with Gasteiger partial charge in [0, 0.05) is 33.8 Å². The Kier molecular flexibility index (Phi) is 8.24. The first-order chi connectivity index (χ1) is 14.9. The summed E-state index contributed by atoms with van der Waals surface area (Å²) in [6.07, 6.45) is 0. The first-order valence-electron chi connectivity index (χ1n) is 9.40. The van der Waals surface area contributed by atoms with Gasteiger partial charge in [-0.3, -0.25) is 4.79 Å². The Bertz CT molecular complexity index is 1160. The molecule has 0 unspecified atom stereocenters. The molecule has 1 amide bonds. The fourth-order valence-electron chi connectivity index (χ4n) is 2.69. The van der Waals surface area contributed by atoms with Gasteiger partial charge in [0.25, 0.3) is 0 Å². The summed E-state index contributed by atoms with van der Waals surface area (Å²) in [5.74, 6) is 0.129. The predicted molar refractivity (Wildman–Crippen MR) is 119 cm³/mol. The number of methoxy groups -OCH3 is 2. The third kappa shape index (κ3) is 5.76. The van der Waals surface area contributed by atoms with Crippen molar-refractivity contribution in [2.75, 3.05) is 41.9 Å². The molecule has 0 aromatic heterocycles. The maximum Gasteiger partial charge on any atom is 0.243 e. The van der Waals surface area contributed by atoms with Crippen molar-refractivity contribution in [3.05, 3.63) is 48.0 Å². The van der Waals surface area contributed by atoms with Crippen molar-refractivity contribution >= 4 is 26.0 Å². The highest BCUT2D eigenvalue weighted by Gasteiger charge is 2.24. The van der Waals surface area contributed by atoms with Crippen molar-refractivity contribution in [3.63, 3.8) is 0 Å². The molecule has 2 aromatic rings. The second kappa shape index (κ2) is 10.3. The van der Waals surface area contributed by atoms with Gasteiger partial charge in [-0.05, 0) is 29.8 Å². The number of rotatable bonds is 10. The van der Waals surface area contributed by atoms with E-state index in [2.05, 4.69) is 5.32 Å². The average molecular weight is 486 g/mol. The minimum absolute atomic E-state index is 0.0388. The fourth-order valence-corrected chi connectivity index (χ4v) is 4.74. The van der Waals surface area contributed by atoms with E-state index in [4.69, 9.17) is 9.47 Å². The van der Waals surface area contributed by atoms with E-state index < -0.39 is 32.5 Å². The third-order valence-electron chi connectivity index (χ3n) is 4.62. The van der Waals surface area contributed by atoms with E-state index in [0.717, 1.165) is 8.61 Å². The van der Waals surface area contributed by atoms with E-state index in [1.807, 2.05) is 0 Å². The zero-order chi connectivity index (χ0) is 24.1. The van der Waals surface area contributed by atoms with Gasteiger partial charge in [0.15, 0.2) is 11.5 Å². The molecule has 0 aliphatic carbocycles. The van der Waals surface area contributed by atoms with Gasteiger partial charge < -0.3 is 14.8 Å². The number of nitrogens with one attached hydrogen (secondary N) is 1. The van der Waals surface area contributed by atoms with Crippen LogP contribution < -0.4 is 14.8 Å². The first-order valence-corrected chi connectivity index (χ1v) is 12.3. The largest absolute Gasteiger partial charge is 0.493 e. The van der Waals surface area contributed by atoms with Gasteiger partial charge in [-0.15, -0.1) is 0 Å². The van der Waals surface area contributed by atoms with Crippen LogP contribution in [0.3, 0.4) is 0 Å². The molecule has 0 bridgehead atoms. The number of benzene rings is 2. The van der Waals surface area contributed by atoms with Crippen LogP contribution in [0.25, 0.3) is 0 Å². The van der Waals surface area contributed by atoms with Gasteiger partial charge in [-0.25, -0.2) is 21.1 Å². The topological polar surface area (TPSA) is 122 Å². The molecule has 12 heteroatoms. The summed E-state index contributed by atoms with van der Waals surface area (Å²) in [6.45, 7) is -0.283. The molecule has 0 aliphatic rings. The van der Waals surface area contributed by atoms with Gasteiger partial charge in [-0.2, -0.15) is 4.31 Å². The molecule has 2 aromatic carbocycles. The summed E-state index contributed by atoms with van der Waals surface area (Å²) >= 11 is 0. The summed E-state index contributed by atoms with van der Waals surface area (Å²) < 4.78 is 62.0. The molecule has 0 aliphatic heterocycles. The lowest BCUT2D eigenvalue weighted by molar-refractivity contribution is -0.121. The smallest absolute Gasteiger partial charge is 0.243 e. The van der Waals surface area contributed by atoms with Crippen LogP contribution in [0.15, 0.2) is 52.3 Å². The summed E-state index contributed by atoms with van der Waals surface area (Å²) in [4.78, 5) is 12.4. The second-order valence-electron chi connectivity index (χ2n) is 6.99. The molecule has 0 radical (unpaired) electrons. The minimum atomic E-state index is -3.94. The van der Waals surface area contributed by atoms with Crippen LogP contribution in [-0.4, -0.2) is 73.3 Å². The molecule has 32 heavy (non-hydrogen) atoms. The van der Waals surface area contributed by atoms with Crippen molar-refractivity contribution in [2.45, 2.75) is 16.3 Å². The SMILES string of the molecule is COc1ccc(S(=O)(=O)N(C)CC(=O)NCc2ccc(S(=O)(=O)N(C)C)cc2)cc1OC. The van der Waals surface area contributed by atoms with Crippen molar-refractivity contribution in [1.82, 2.24) is 13.9 Å². The van der Waals surface area contributed by atoms with E-state index in [9.17, 15) is 21.6 Å². The average Bonchev–Trinajstić information content (AvgIpc) is 2.77. The minimum Gasteiger partial charge on any atom is -0.493 e. The maximum absolute atomic E-state index is 12.8. The Morgan fingerprint density at radius 1 is 0.844 bits per heavy atom. The molecule has 10 nitrogen and oxygen atoms in total. The van der Waals surface area contributed by atoms with Gasteiger partial charge in [-0.1, -0.05) is 12.1 Å². The van der Waals surface area contributed by atoms with Crippen molar-refractivity contribution in [2.24, 2.45) is 0 Å². The van der Waals surface area contributed by atoms with Crippen LogP contribution in [0.4, 0.5) is 0 Å². The predicted octanol–water partition coefficient (Wildman–Crippen LogP) is 0.891. The maximum atomic E-state index is 12.8. The lowest BCUT2D eigenvalue weighted by Gasteiger charge is -2.18. The normalized spacial score (nSPS) is 12.1. The summed E-state index contributed by atoms with van der Waals surface area (Å²) in [6, 6.07) is 10.2. The molecule has 2 rings (SSSR count). The number of sulfonamides is 2. The van der Waals surface area contributed by atoms with Crippen LogP contribution in [0.5, 0.6) is 11.5 Å². The number of likely N-dealkylation sites (N-methyl/N-ethyl adjacent to an activating group) is 1. The molecule has 0 saturated heterocycles. The van der Waals surface area contributed by atoms with Gasteiger partial charge in [0.05, 0.1) is 30.6 Å². The molecule has 176 valence electrons. The Morgan fingerprint density at radius 3 is 1.94 bits per heavy atom. The van der Waals surface area contributed by atoms with Crippen LogP contribution in [0.1, 0.15) is 5.56 Å². The van der Waals surface area contributed by atoms with E-state index >= 15 is 0 Å².